The number of fused-ring (bicyclic) bond motifs is 2. The van der Waals surface area contributed by atoms with Gasteiger partial charge in [0, 0.05) is 17.6 Å². The number of hydrogen-bond donors (Lipinski definition) is 1. The van der Waals surface area contributed by atoms with Gasteiger partial charge < -0.3 is 5.32 Å². The predicted octanol–water partition coefficient (Wildman–Crippen LogP) is 2.64. The molecule has 24 heavy (non-hydrogen) atoms. The Morgan fingerprint density at radius 3 is 2.96 bits per heavy atom. The van der Waals surface area contributed by atoms with Crippen molar-refractivity contribution in [3.63, 3.8) is 0 Å². The van der Waals surface area contributed by atoms with Gasteiger partial charge in [-0.1, -0.05) is 17.3 Å². The molecule has 0 unspecified atom stereocenters. The van der Waals surface area contributed by atoms with Crippen molar-refractivity contribution < 1.29 is 0 Å². The van der Waals surface area contributed by atoms with Crippen LogP contribution in [0.3, 0.4) is 0 Å². The first kappa shape index (κ1) is 14.5. The third-order valence-electron chi connectivity index (χ3n) is 3.66. The Kier molecular flexibility index (Phi) is 3.53. The summed E-state index contributed by atoms with van der Waals surface area (Å²) in [5.74, 6) is 0.726. The molecule has 7 nitrogen and oxygen atoms in total. The Morgan fingerprint density at radius 2 is 2.08 bits per heavy atom. The van der Waals surface area contributed by atoms with E-state index in [2.05, 4.69) is 56.6 Å². The summed E-state index contributed by atoms with van der Waals surface area (Å²) in [6.45, 7) is 4.70. The molecule has 4 rings (SSSR count). The highest BCUT2D eigenvalue weighted by Gasteiger charge is 2.10. The smallest absolute Gasteiger partial charge is 0.221 e. The summed E-state index contributed by atoms with van der Waals surface area (Å²) in [5, 5.41) is 12.6. The number of hydrogen-bond acceptors (Lipinski definition) is 6. The second-order valence-corrected chi connectivity index (χ2v) is 5.98. The summed E-state index contributed by atoms with van der Waals surface area (Å²) in [4.78, 5) is 13.2. The van der Waals surface area contributed by atoms with Crippen LogP contribution in [0.15, 0.2) is 42.7 Å². The van der Waals surface area contributed by atoms with Crippen LogP contribution < -0.4 is 5.32 Å². The van der Waals surface area contributed by atoms with Crippen LogP contribution in [0.5, 0.6) is 0 Å². The van der Waals surface area contributed by atoms with Gasteiger partial charge in [-0.2, -0.15) is 0 Å². The molecule has 3 aromatic heterocycles. The number of rotatable bonds is 4. The standard InChI is InChI=1S/C17H17N7/c1-11(2)20-15-9-19-16-17(21-15)24(23-22-16)10-12-5-6-14-13(8-12)4-3-7-18-14/h3-9,11H,10H2,1-2H3,(H,20,21). The zero-order valence-electron chi connectivity index (χ0n) is 13.5. The largest absolute Gasteiger partial charge is 0.367 e. The maximum atomic E-state index is 4.59. The van der Waals surface area contributed by atoms with E-state index in [1.807, 2.05) is 18.2 Å². The molecule has 1 N–H and O–H groups in total. The SMILES string of the molecule is CC(C)Nc1cnc2nnn(Cc3ccc4ncccc4c3)c2n1. The fourth-order valence-corrected chi connectivity index (χ4v) is 2.62. The van der Waals surface area contributed by atoms with Crippen LogP contribution in [0, 0.1) is 0 Å². The highest BCUT2D eigenvalue weighted by molar-refractivity contribution is 5.79. The molecule has 0 aliphatic rings. The van der Waals surface area contributed by atoms with Crippen molar-refractivity contribution >= 4 is 28.0 Å². The van der Waals surface area contributed by atoms with Crippen LogP contribution in [0.4, 0.5) is 5.82 Å². The lowest BCUT2D eigenvalue weighted by Crippen LogP contribution is -2.12. The maximum absolute atomic E-state index is 4.59. The molecule has 0 radical (unpaired) electrons. The Balaban J connectivity index is 1.69. The fourth-order valence-electron chi connectivity index (χ4n) is 2.62. The minimum Gasteiger partial charge on any atom is -0.367 e. The van der Waals surface area contributed by atoms with Crippen LogP contribution >= 0.6 is 0 Å². The average molecular weight is 319 g/mol. The van der Waals surface area contributed by atoms with Gasteiger partial charge in [-0.25, -0.2) is 14.6 Å². The minimum atomic E-state index is 0.286. The topological polar surface area (TPSA) is 81.4 Å². The number of benzene rings is 1. The molecule has 0 spiro atoms. The Hall–Kier alpha value is -3.09. The number of pyridine rings is 1. The summed E-state index contributed by atoms with van der Waals surface area (Å²) in [7, 11) is 0. The van der Waals surface area contributed by atoms with Crippen molar-refractivity contribution in [2.24, 2.45) is 0 Å². The van der Waals surface area contributed by atoms with E-state index in [0.717, 1.165) is 22.3 Å². The molecular weight excluding hydrogens is 302 g/mol. The van der Waals surface area contributed by atoms with Gasteiger partial charge >= 0.3 is 0 Å². The number of aromatic nitrogens is 6. The van der Waals surface area contributed by atoms with Crippen LogP contribution in [0.2, 0.25) is 0 Å². The van der Waals surface area contributed by atoms with Crippen molar-refractivity contribution in [1.82, 2.24) is 29.9 Å². The highest BCUT2D eigenvalue weighted by atomic mass is 15.5. The first-order valence-corrected chi connectivity index (χ1v) is 7.85. The average Bonchev–Trinajstić information content (AvgIpc) is 2.96. The van der Waals surface area contributed by atoms with Crippen LogP contribution in [-0.4, -0.2) is 36.0 Å². The normalized spacial score (nSPS) is 11.5. The first-order chi connectivity index (χ1) is 11.7. The molecule has 0 aliphatic carbocycles. The van der Waals surface area contributed by atoms with Crippen molar-refractivity contribution in [1.29, 1.82) is 0 Å². The lowest BCUT2D eigenvalue weighted by atomic mass is 10.1. The van der Waals surface area contributed by atoms with E-state index in [1.54, 1.807) is 17.1 Å². The second-order valence-electron chi connectivity index (χ2n) is 5.98. The molecule has 0 saturated heterocycles. The molecule has 0 aliphatic heterocycles. The molecule has 0 saturated carbocycles. The second kappa shape index (κ2) is 5.84. The third kappa shape index (κ3) is 2.76. The van der Waals surface area contributed by atoms with Gasteiger partial charge in [-0.15, -0.1) is 5.10 Å². The minimum absolute atomic E-state index is 0.286. The van der Waals surface area contributed by atoms with E-state index in [0.29, 0.717) is 17.8 Å². The molecule has 3 heterocycles. The van der Waals surface area contributed by atoms with E-state index in [-0.39, 0.29) is 6.04 Å². The lowest BCUT2D eigenvalue weighted by Gasteiger charge is -2.08. The Morgan fingerprint density at radius 1 is 1.17 bits per heavy atom. The van der Waals surface area contributed by atoms with Crippen molar-refractivity contribution in [3.05, 3.63) is 48.3 Å². The molecule has 0 bridgehead atoms. The first-order valence-electron chi connectivity index (χ1n) is 7.85. The van der Waals surface area contributed by atoms with E-state index in [9.17, 15) is 0 Å². The predicted molar refractivity (Wildman–Crippen MR) is 92.7 cm³/mol. The Labute approximate surface area is 138 Å². The van der Waals surface area contributed by atoms with Gasteiger partial charge in [0.1, 0.15) is 5.82 Å². The highest BCUT2D eigenvalue weighted by Crippen LogP contribution is 2.16. The number of nitrogens with zero attached hydrogens (tertiary/aromatic N) is 6. The third-order valence-corrected chi connectivity index (χ3v) is 3.66. The summed E-state index contributed by atoms with van der Waals surface area (Å²) in [5.41, 5.74) is 3.32. The molecular formula is C17H17N7. The van der Waals surface area contributed by atoms with E-state index < -0.39 is 0 Å². The van der Waals surface area contributed by atoms with Crippen LogP contribution in [0.25, 0.3) is 22.2 Å². The van der Waals surface area contributed by atoms with Crippen molar-refractivity contribution in [2.45, 2.75) is 26.4 Å². The van der Waals surface area contributed by atoms with Crippen LogP contribution in [0.1, 0.15) is 19.4 Å². The molecule has 4 aromatic rings. The fraction of sp³-hybridized carbons (Fsp3) is 0.235. The van der Waals surface area contributed by atoms with Gasteiger partial charge in [-0.05, 0) is 37.6 Å². The monoisotopic (exact) mass is 319 g/mol. The molecule has 120 valence electrons. The van der Waals surface area contributed by atoms with E-state index >= 15 is 0 Å². The van der Waals surface area contributed by atoms with Crippen molar-refractivity contribution in [2.75, 3.05) is 5.32 Å². The molecule has 1 aromatic carbocycles. The molecule has 0 fully saturated rings. The summed E-state index contributed by atoms with van der Waals surface area (Å²) in [6.07, 6.45) is 3.48. The maximum Gasteiger partial charge on any atom is 0.221 e. The zero-order chi connectivity index (χ0) is 16.5. The van der Waals surface area contributed by atoms with Crippen molar-refractivity contribution in [3.8, 4) is 0 Å². The zero-order valence-corrected chi connectivity index (χ0v) is 13.5. The number of nitrogens with one attached hydrogen (secondary N) is 1. The summed E-state index contributed by atoms with van der Waals surface area (Å²) < 4.78 is 1.77. The van der Waals surface area contributed by atoms with Gasteiger partial charge in [0.25, 0.3) is 0 Å². The van der Waals surface area contributed by atoms with Gasteiger partial charge in [0.2, 0.25) is 5.65 Å². The van der Waals surface area contributed by atoms with Crippen LogP contribution in [-0.2, 0) is 6.54 Å². The quantitative estimate of drug-likeness (QED) is 0.623. The van der Waals surface area contributed by atoms with E-state index in [1.165, 1.54) is 0 Å². The number of anilines is 1. The molecule has 0 atom stereocenters. The molecule has 0 amide bonds. The Bertz CT molecular complexity index is 1010. The molecule has 7 heteroatoms. The summed E-state index contributed by atoms with van der Waals surface area (Å²) in [6, 6.07) is 10.4. The summed E-state index contributed by atoms with van der Waals surface area (Å²) >= 11 is 0. The van der Waals surface area contributed by atoms with Gasteiger partial charge in [0.05, 0.1) is 18.3 Å². The van der Waals surface area contributed by atoms with Gasteiger partial charge in [0.15, 0.2) is 5.65 Å². The van der Waals surface area contributed by atoms with E-state index in [4.69, 9.17) is 0 Å². The van der Waals surface area contributed by atoms with Gasteiger partial charge in [-0.3, -0.25) is 4.98 Å². The lowest BCUT2D eigenvalue weighted by molar-refractivity contribution is 0.664.